The van der Waals surface area contributed by atoms with Gasteiger partial charge in [-0.05, 0) is 36.1 Å². The molecule has 2 unspecified atom stereocenters. The number of fused-ring (bicyclic) bond motifs is 1. The number of rotatable bonds is 9. The highest BCUT2D eigenvalue weighted by molar-refractivity contribution is 8.00. The highest BCUT2D eigenvalue weighted by atomic mass is 32.2. The molecule has 0 spiro atoms. The molecule has 2 atom stereocenters. The minimum atomic E-state index is -1.12. The van der Waals surface area contributed by atoms with Crippen molar-refractivity contribution in [2.24, 2.45) is 0 Å². The van der Waals surface area contributed by atoms with Crippen molar-refractivity contribution in [3.05, 3.63) is 73.9 Å². The van der Waals surface area contributed by atoms with Crippen molar-refractivity contribution in [3.63, 3.8) is 0 Å². The van der Waals surface area contributed by atoms with Crippen molar-refractivity contribution in [3.8, 4) is 5.75 Å². The molecule has 190 valence electrons. The molecule has 1 aromatic carbocycles. The van der Waals surface area contributed by atoms with E-state index in [2.05, 4.69) is 5.32 Å². The van der Waals surface area contributed by atoms with Crippen molar-refractivity contribution in [2.45, 2.75) is 24.8 Å². The van der Waals surface area contributed by atoms with Crippen molar-refractivity contribution in [2.75, 3.05) is 26.0 Å². The number of benzene rings is 1. The largest absolute Gasteiger partial charge is 0.489 e. The zero-order valence-corrected chi connectivity index (χ0v) is 21.4. The molecule has 0 fully saturated rings. The second-order valence-corrected chi connectivity index (χ2v) is 10.5. The van der Waals surface area contributed by atoms with Gasteiger partial charge >= 0.3 is 11.6 Å². The third-order valence-electron chi connectivity index (χ3n) is 5.84. The number of carbonyl (C=O) groups excluding carboxylic acids is 1. The first-order chi connectivity index (χ1) is 17.3. The molecule has 4 rings (SSSR count). The van der Waals surface area contributed by atoms with Gasteiger partial charge in [-0.25, -0.2) is 9.59 Å². The van der Waals surface area contributed by atoms with Crippen LogP contribution in [-0.4, -0.2) is 64.4 Å². The summed E-state index contributed by atoms with van der Waals surface area (Å²) in [6, 6.07) is 9.63. The lowest BCUT2D eigenvalue weighted by Gasteiger charge is -2.39. The van der Waals surface area contributed by atoms with Crippen LogP contribution in [-0.2, 0) is 16.0 Å². The summed E-state index contributed by atoms with van der Waals surface area (Å²) in [4.78, 5) is 38.8. The number of ether oxygens (including phenoxy) is 1. The van der Waals surface area contributed by atoms with Crippen molar-refractivity contribution >= 4 is 45.9 Å². The summed E-state index contributed by atoms with van der Waals surface area (Å²) in [6.07, 6.45) is 0.196. The molecular weight excluding hydrogens is 504 g/mol. The number of aryl methyl sites for hydroxylation is 1. The van der Waals surface area contributed by atoms with Crippen LogP contribution in [0.3, 0.4) is 0 Å². The number of nitrogens with one attached hydrogen (secondary N) is 1. The van der Waals surface area contributed by atoms with E-state index >= 15 is 0 Å². The molecule has 0 aliphatic carbocycles. The van der Waals surface area contributed by atoms with Crippen LogP contribution in [0.2, 0.25) is 0 Å². The maximum absolute atomic E-state index is 12.5. The summed E-state index contributed by atoms with van der Waals surface area (Å²) in [5.74, 6) is -0.574. The fourth-order valence-electron chi connectivity index (χ4n) is 4.14. The second kappa shape index (κ2) is 11.2. The zero-order chi connectivity index (χ0) is 25.8. The lowest BCUT2D eigenvalue weighted by molar-refractivity contribution is -0.134. The number of aliphatic hydroxyl groups excluding tert-OH is 1. The first kappa shape index (κ1) is 25.8. The van der Waals surface area contributed by atoms with Gasteiger partial charge in [0.1, 0.15) is 23.6 Å². The fourth-order valence-corrected chi connectivity index (χ4v) is 6.15. The zero-order valence-electron chi connectivity index (χ0n) is 19.7. The van der Waals surface area contributed by atoms with E-state index in [0.717, 1.165) is 15.8 Å². The third kappa shape index (κ3) is 5.75. The van der Waals surface area contributed by atoms with Crippen LogP contribution in [0.25, 0.3) is 11.0 Å². The van der Waals surface area contributed by atoms with Gasteiger partial charge in [-0.1, -0.05) is 6.07 Å². The van der Waals surface area contributed by atoms with E-state index in [-0.39, 0.29) is 31.2 Å². The number of hydrogen-bond donors (Lipinski definition) is 3. The normalized spacial score (nSPS) is 16.8. The smallest absolute Gasteiger partial charge is 0.352 e. The molecule has 0 radical (unpaired) electrons. The SMILES string of the molecule is Cc1cc(=O)oc2cc(OCC3=C(C(=O)O)N(C)C(C(CO)NC(=O)Cc4cccs4)SC3)ccc12. The van der Waals surface area contributed by atoms with Crippen LogP contribution >= 0.6 is 23.1 Å². The molecule has 3 heterocycles. The molecular formula is C25H26N2O7S2. The Balaban J connectivity index is 1.48. The van der Waals surface area contributed by atoms with Gasteiger partial charge in [-0.2, -0.15) is 0 Å². The van der Waals surface area contributed by atoms with Gasteiger partial charge in [0.15, 0.2) is 0 Å². The Kier molecular flexibility index (Phi) is 8.02. The van der Waals surface area contributed by atoms with Gasteiger partial charge in [-0.15, -0.1) is 23.1 Å². The summed E-state index contributed by atoms with van der Waals surface area (Å²) in [7, 11) is 1.63. The summed E-state index contributed by atoms with van der Waals surface area (Å²) in [5, 5.41) is 24.9. The molecule has 11 heteroatoms. The quantitative estimate of drug-likeness (QED) is 0.358. The first-order valence-electron chi connectivity index (χ1n) is 11.2. The van der Waals surface area contributed by atoms with E-state index in [1.54, 1.807) is 30.1 Å². The lowest BCUT2D eigenvalue weighted by atomic mass is 10.1. The molecule has 36 heavy (non-hydrogen) atoms. The van der Waals surface area contributed by atoms with Crippen molar-refractivity contribution in [1.82, 2.24) is 10.2 Å². The Morgan fingerprint density at radius 1 is 1.31 bits per heavy atom. The van der Waals surface area contributed by atoms with E-state index in [1.807, 2.05) is 24.4 Å². The number of likely N-dealkylation sites (N-methyl/N-ethyl adjacent to an activating group) is 1. The number of amides is 1. The predicted octanol–water partition coefficient (Wildman–Crippen LogP) is 2.60. The summed E-state index contributed by atoms with van der Waals surface area (Å²) < 4.78 is 11.1. The number of carbonyl (C=O) groups is 2. The number of aliphatic carboxylic acids is 1. The molecule has 1 aliphatic heterocycles. The monoisotopic (exact) mass is 530 g/mol. The molecule has 2 aromatic heterocycles. The Bertz CT molecular complexity index is 1350. The fraction of sp³-hybridized carbons (Fsp3) is 0.320. The molecule has 9 nitrogen and oxygen atoms in total. The highest BCUT2D eigenvalue weighted by Crippen LogP contribution is 2.32. The van der Waals surface area contributed by atoms with Gasteiger partial charge in [0.25, 0.3) is 0 Å². The van der Waals surface area contributed by atoms with Gasteiger partial charge in [0.2, 0.25) is 5.91 Å². The maximum Gasteiger partial charge on any atom is 0.352 e. The van der Waals surface area contributed by atoms with Gasteiger partial charge in [-0.3, -0.25) is 4.79 Å². The lowest BCUT2D eigenvalue weighted by Crippen LogP contribution is -2.53. The molecule has 0 bridgehead atoms. The maximum atomic E-state index is 12.5. The Morgan fingerprint density at radius 3 is 2.81 bits per heavy atom. The Hall–Kier alpha value is -3.28. The van der Waals surface area contributed by atoms with Crippen LogP contribution in [0.15, 0.2) is 62.3 Å². The standard InChI is InChI=1S/C25H26N2O7S2/c1-14-8-22(30)34-20-9-16(5-6-18(14)20)33-12-15-13-36-24(27(2)23(15)25(31)32)19(11-28)26-21(29)10-17-4-3-7-35-17/h3-9,19,24,28H,10-13H2,1-2H3,(H,26,29)(H,31,32). The van der Waals surface area contributed by atoms with E-state index < -0.39 is 23.0 Å². The predicted molar refractivity (Wildman–Crippen MR) is 138 cm³/mol. The van der Waals surface area contributed by atoms with Crippen LogP contribution in [0.5, 0.6) is 5.75 Å². The van der Waals surface area contributed by atoms with Crippen LogP contribution in [0.4, 0.5) is 0 Å². The third-order valence-corrected chi connectivity index (χ3v) is 8.22. The van der Waals surface area contributed by atoms with E-state index in [1.165, 1.54) is 29.2 Å². The number of carboxylic acids is 1. The van der Waals surface area contributed by atoms with Gasteiger partial charge in [0, 0.05) is 40.8 Å². The van der Waals surface area contributed by atoms with Crippen molar-refractivity contribution in [1.29, 1.82) is 0 Å². The van der Waals surface area contributed by atoms with Crippen LogP contribution in [0.1, 0.15) is 10.4 Å². The molecule has 1 aliphatic rings. The number of thiophene rings is 1. The summed E-state index contributed by atoms with van der Waals surface area (Å²) in [6.45, 7) is 1.50. The number of nitrogens with zero attached hydrogens (tertiary/aromatic N) is 1. The molecule has 0 saturated carbocycles. The van der Waals surface area contributed by atoms with Crippen molar-refractivity contribution < 1.29 is 29.0 Å². The molecule has 0 saturated heterocycles. The average Bonchev–Trinajstić information content (AvgIpc) is 3.33. The first-order valence-corrected chi connectivity index (χ1v) is 13.1. The number of aliphatic hydroxyl groups is 1. The van der Waals surface area contributed by atoms with E-state index in [9.17, 15) is 24.6 Å². The Labute approximate surface area is 215 Å². The minimum absolute atomic E-state index is 0.0157. The van der Waals surface area contributed by atoms with E-state index in [0.29, 0.717) is 22.7 Å². The molecule has 3 aromatic rings. The number of carboxylic acid groups (broad SMARTS) is 1. The minimum Gasteiger partial charge on any atom is -0.489 e. The average molecular weight is 531 g/mol. The summed E-state index contributed by atoms with van der Waals surface area (Å²) in [5.41, 5.74) is 1.35. The molecule has 1 amide bonds. The second-order valence-electron chi connectivity index (χ2n) is 8.38. The van der Waals surface area contributed by atoms with E-state index in [4.69, 9.17) is 9.15 Å². The van der Waals surface area contributed by atoms with Gasteiger partial charge < -0.3 is 29.6 Å². The van der Waals surface area contributed by atoms with Gasteiger partial charge in [0.05, 0.1) is 24.4 Å². The topological polar surface area (TPSA) is 129 Å². The highest BCUT2D eigenvalue weighted by Gasteiger charge is 2.36. The van der Waals surface area contributed by atoms with Crippen LogP contribution in [0, 0.1) is 6.92 Å². The number of thioether (sulfide) groups is 1. The number of hydrogen-bond acceptors (Lipinski definition) is 9. The summed E-state index contributed by atoms with van der Waals surface area (Å²) >= 11 is 2.89. The Morgan fingerprint density at radius 2 is 2.11 bits per heavy atom. The molecule has 3 N–H and O–H groups in total. The van der Waals surface area contributed by atoms with Crippen LogP contribution < -0.4 is 15.7 Å².